The first-order valence-electron chi connectivity index (χ1n) is 5.39. The van der Waals surface area contributed by atoms with Gasteiger partial charge in [-0.15, -0.1) is 0 Å². The van der Waals surface area contributed by atoms with Crippen LogP contribution in [0.1, 0.15) is 21.7 Å². The zero-order valence-corrected chi connectivity index (χ0v) is 10.8. The Hall–Kier alpha value is -1.94. The number of nitrogens with two attached hydrogens (primary N) is 1. The molecule has 0 saturated carbocycles. The molecule has 0 spiro atoms. The number of benzene rings is 1. The van der Waals surface area contributed by atoms with Crippen molar-refractivity contribution in [3.8, 4) is 11.4 Å². The van der Waals surface area contributed by atoms with Crippen molar-refractivity contribution >= 4 is 17.5 Å². The molecule has 2 aromatic rings. The maximum atomic E-state index is 11.1. The summed E-state index contributed by atoms with van der Waals surface area (Å²) in [6.07, 6.45) is 0. The maximum absolute atomic E-state index is 11.1. The minimum Gasteiger partial charge on any atom is -0.507 e. The molecule has 0 radical (unpaired) electrons. The molecule has 2 rings (SSSR count). The quantitative estimate of drug-likeness (QED) is 0.875. The first kappa shape index (κ1) is 12.5. The molecule has 3 N–H and O–H groups in total. The fraction of sp³-hybridized carbons (Fsp3) is 0.154. The first-order valence-corrected chi connectivity index (χ1v) is 5.77. The van der Waals surface area contributed by atoms with E-state index in [2.05, 4.69) is 0 Å². The number of nitrogens with zero attached hydrogens (tertiary/aromatic N) is 1. The number of aromatic nitrogens is 1. The van der Waals surface area contributed by atoms with Gasteiger partial charge in [0.2, 0.25) is 0 Å². The van der Waals surface area contributed by atoms with E-state index in [0.29, 0.717) is 5.69 Å². The average molecular weight is 265 g/mol. The smallest absolute Gasteiger partial charge is 0.253 e. The van der Waals surface area contributed by atoms with Gasteiger partial charge in [0.05, 0.1) is 16.3 Å². The number of hydrogen-bond donors (Lipinski definition) is 2. The van der Waals surface area contributed by atoms with Crippen LogP contribution in [0, 0.1) is 13.8 Å². The first-order chi connectivity index (χ1) is 8.41. The van der Waals surface area contributed by atoms with Crippen LogP contribution in [0.3, 0.4) is 0 Å². The van der Waals surface area contributed by atoms with E-state index in [1.165, 1.54) is 6.07 Å². The van der Waals surface area contributed by atoms with E-state index in [4.69, 9.17) is 17.3 Å². The van der Waals surface area contributed by atoms with E-state index in [0.717, 1.165) is 11.4 Å². The molecule has 1 amide bonds. The summed E-state index contributed by atoms with van der Waals surface area (Å²) in [6, 6.07) is 7.01. The molecule has 18 heavy (non-hydrogen) atoms. The molecule has 1 aromatic heterocycles. The Kier molecular flexibility index (Phi) is 3.05. The van der Waals surface area contributed by atoms with Crippen LogP contribution in [0.15, 0.2) is 24.3 Å². The summed E-state index contributed by atoms with van der Waals surface area (Å²) in [6.45, 7) is 3.89. The van der Waals surface area contributed by atoms with Gasteiger partial charge in [-0.25, -0.2) is 0 Å². The summed E-state index contributed by atoms with van der Waals surface area (Å²) in [7, 11) is 0. The lowest BCUT2D eigenvalue weighted by Crippen LogP contribution is -2.12. The van der Waals surface area contributed by atoms with Gasteiger partial charge < -0.3 is 15.4 Å². The molecule has 5 heteroatoms. The minimum atomic E-state index is -0.745. The fourth-order valence-electron chi connectivity index (χ4n) is 2.03. The molecule has 0 aliphatic carbocycles. The summed E-state index contributed by atoms with van der Waals surface area (Å²) < 4.78 is 1.93. The van der Waals surface area contributed by atoms with E-state index >= 15 is 0 Å². The highest BCUT2D eigenvalue weighted by molar-refractivity contribution is 6.34. The number of carbonyl (C=O) groups excluding carboxylic acids is 1. The Morgan fingerprint density at radius 2 is 1.83 bits per heavy atom. The van der Waals surface area contributed by atoms with E-state index in [9.17, 15) is 9.90 Å². The molecule has 0 fully saturated rings. The zero-order valence-electron chi connectivity index (χ0n) is 10.1. The molecule has 4 nitrogen and oxygen atoms in total. The zero-order chi connectivity index (χ0) is 13.4. The molecular weight excluding hydrogens is 252 g/mol. The second-order valence-electron chi connectivity index (χ2n) is 4.14. The molecule has 0 aliphatic heterocycles. The Bertz CT molecular complexity index is 589. The Morgan fingerprint density at radius 1 is 1.28 bits per heavy atom. The largest absolute Gasteiger partial charge is 0.507 e. The van der Waals surface area contributed by atoms with E-state index in [1.807, 2.05) is 30.5 Å². The number of primary amides is 1. The molecule has 0 saturated heterocycles. The van der Waals surface area contributed by atoms with Crippen LogP contribution >= 0.6 is 11.6 Å². The van der Waals surface area contributed by atoms with Crippen LogP contribution in [0.4, 0.5) is 0 Å². The summed E-state index contributed by atoms with van der Waals surface area (Å²) >= 11 is 5.98. The van der Waals surface area contributed by atoms with Gasteiger partial charge in [-0.2, -0.15) is 0 Å². The molecular formula is C13H13ClN2O2. The highest BCUT2D eigenvalue weighted by atomic mass is 35.5. The summed E-state index contributed by atoms with van der Waals surface area (Å²) in [5.74, 6) is -0.956. The lowest BCUT2D eigenvalue weighted by molar-refractivity contribution is 0.0998. The normalized spacial score (nSPS) is 10.6. The van der Waals surface area contributed by atoms with Gasteiger partial charge >= 0.3 is 0 Å². The van der Waals surface area contributed by atoms with Crippen molar-refractivity contribution in [3.05, 3.63) is 46.2 Å². The number of amides is 1. The lowest BCUT2D eigenvalue weighted by atomic mass is 10.1. The molecule has 0 aliphatic rings. The predicted octanol–water partition coefficient (Wildman–Crippen LogP) is 2.55. The monoisotopic (exact) mass is 264 g/mol. The summed E-state index contributed by atoms with van der Waals surface area (Å²) in [4.78, 5) is 11.1. The number of aromatic hydroxyl groups is 1. The van der Waals surface area contributed by atoms with Gasteiger partial charge in [-0.1, -0.05) is 11.6 Å². The molecule has 0 bridgehead atoms. The van der Waals surface area contributed by atoms with Crippen LogP contribution in [-0.2, 0) is 0 Å². The number of aryl methyl sites for hydroxylation is 2. The van der Waals surface area contributed by atoms with E-state index in [-0.39, 0.29) is 16.3 Å². The molecule has 0 atom stereocenters. The van der Waals surface area contributed by atoms with Crippen LogP contribution in [0.25, 0.3) is 5.69 Å². The Labute approximate surface area is 110 Å². The number of hydrogen-bond acceptors (Lipinski definition) is 2. The van der Waals surface area contributed by atoms with Gasteiger partial charge in [-0.05, 0) is 32.0 Å². The van der Waals surface area contributed by atoms with E-state index < -0.39 is 5.91 Å². The van der Waals surface area contributed by atoms with Gasteiger partial charge in [0.1, 0.15) is 5.75 Å². The SMILES string of the molecule is Cc1ccc(C)n1-c1cc(O)c(C(N)=O)c(Cl)c1. The van der Waals surface area contributed by atoms with Crippen molar-refractivity contribution in [1.82, 2.24) is 4.57 Å². The summed E-state index contributed by atoms with van der Waals surface area (Å²) in [5.41, 5.74) is 7.82. The summed E-state index contributed by atoms with van der Waals surface area (Å²) in [5, 5.41) is 9.97. The molecule has 94 valence electrons. The Morgan fingerprint density at radius 3 is 2.28 bits per heavy atom. The highest BCUT2D eigenvalue weighted by Crippen LogP contribution is 2.30. The molecule has 0 unspecified atom stereocenters. The predicted molar refractivity (Wildman–Crippen MR) is 70.4 cm³/mol. The lowest BCUT2D eigenvalue weighted by Gasteiger charge is -2.12. The molecule has 1 heterocycles. The van der Waals surface area contributed by atoms with Gasteiger partial charge in [0.15, 0.2) is 0 Å². The average Bonchev–Trinajstić information content (AvgIpc) is 2.56. The molecule has 1 aromatic carbocycles. The number of rotatable bonds is 2. The van der Waals surface area contributed by atoms with Crippen molar-refractivity contribution in [1.29, 1.82) is 0 Å². The van der Waals surface area contributed by atoms with Crippen molar-refractivity contribution in [2.75, 3.05) is 0 Å². The van der Waals surface area contributed by atoms with Crippen molar-refractivity contribution < 1.29 is 9.90 Å². The second kappa shape index (κ2) is 4.38. The van der Waals surface area contributed by atoms with E-state index in [1.54, 1.807) is 6.07 Å². The fourth-order valence-corrected chi connectivity index (χ4v) is 2.33. The topological polar surface area (TPSA) is 68.2 Å². The van der Waals surface area contributed by atoms with Gasteiger partial charge in [0, 0.05) is 17.5 Å². The van der Waals surface area contributed by atoms with Crippen LogP contribution in [0.5, 0.6) is 5.75 Å². The number of halogens is 1. The minimum absolute atomic E-state index is 0.0529. The third-order valence-electron chi connectivity index (χ3n) is 2.83. The Balaban J connectivity index is 2.66. The number of carbonyl (C=O) groups is 1. The maximum Gasteiger partial charge on any atom is 0.253 e. The van der Waals surface area contributed by atoms with Gasteiger partial charge in [-0.3, -0.25) is 4.79 Å². The number of phenols is 1. The van der Waals surface area contributed by atoms with Gasteiger partial charge in [0.25, 0.3) is 5.91 Å². The third kappa shape index (κ3) is 1.95. The van der Waals surface area contributed by atoms with Crippen LogP contribution in [-0.4, -0.2) is 15.6 Å². The highest BCUT2D eigenvalue weighted by Gasteiger charge is 2.15. The van der Waals surface area contributed by atoms with Crippen LogP contribution < -0.4 is 5.73 Å². The van der Waals surface area contributed by atoms with Crippen molar-refractivity contribution in [2.45, 2.75) is 13.8 Å². The second-order valence-corrected chi connectivity index (χ2v) is 4.54. The van der Waals surface area contributed by atoms with Crippen LogP contribution in [0.2, 0.25) is 5.02 Å². The standard InChI is InChI=1S/C13H13ClN2O2/c1-7-3-4-8(2)16(7)9-5-10(14)12(13(15)18)11(17)6-9/h3-6,17H,1-2H3,(H2,15,18). The third-order valence-corrected chi connectivity index (χ3v) is 3.13. The van der Waals surface area contributed by atoms with Crippen molar-refractivity contribution in [3.63, 3.8) is 0 Å². The van der Waals surface area contributed by atoms with Crippen molar-refractivity contribution in [2.24, 2.45) is 5.73 Å².